The van der Waals surface area contributed by atoms with E-state index in [4.69, 9.17) is 0 Å². The molecule has 4 rings (SSSR count). The normalized spacial score (nSPS) is 25.7. The summed E-state index contributed by atoms with van der Waals surface area (Å²) in [7, 11) is 0. The van der Waals surface area contributed by atoms with E-state index in [0.717, 1.165) is 17.5 Å². The molecule has 2 unspecified atom stereocenters. The van der Waals surface area contributed by atoms with Crippen LogP contribution in [0.25, 0.3) is 5.69 Å². The molecule has 0 bridgehead atoms. The molecular weight excluding hydrogens is 258 g/mol. The van der Waals surface area contributed by atoms with E-state index in [2.05, 4.69) is 34.7 Å². The molecule has 1 heterocycles. The Morgan fingerprint density at radius 1 is 1.05 bits per heavy atom. The molecule has 2 atom stereocenters. The topological polar surface area (TPSA) is 29.9 Å². The fraction of sp³-hybridized carbons (Fsp3) is 0.500. The third-order valence-electron chi connectivity index (χ3n) is 4.99. The third kappa shape index (κ3) is 2.97. The molecule has 110 valence electrons. The van der Waals surface area contributed by atoms with Crippen LogP contribution in [0.15, 0.2) is 42.7 Å². The van der Waals surface area contributed by atoms with Crippen LogP contribution in [0.3, 0.4) is 0 Å². The molecule has 0 spiro atoms. The van der Waals surface area contributed by atoms with E-state index in [-0.39, 0.29) is 0 Å². The van der Waals surface area contributed by atoms with E-state index >= 15 is 0 Å². The van der Waals surface area contributed by atoms with Crippen LogP contribution in [-0.4, -0.2) is 15.8 Å². The Kier molecular flexibility index (Phi) is 3.42. The zero-order chi connectivity index (χ0) is 14.1. The second kappa shape index (κ2) is 5.55. The molecule has 0 amide bonds. The molecule has 1 N–H and O–H groups in total. The molecule has 0 aliphatic heterocycles. The minimum atomic E-state index is 0.650. The first kappa shape index (κ1) is 12.9. The molecular formula is C18H23N3. The van der Waals surface area contributed by atoms with Gasteiger partial charge in [-0.1, -0.05) is 18.9 Å². The number of aromatic nitrogens is 2. The van der Waals surface area contributed by atoms with Gasteiger partial charge in [-0.2, -0.15) is 5.10 Å². The van der Waals surface area contributed by atoms with Crippen molar-refractivity contribution < 1.29 is 0 Å². The Hall–Kier alpha value is -1.77. The molecule has 1 aromatic carbocycles. The number of hydrogen-bond acceptors (Lipinski definition) is 2. The molecule has 0 saturated heterocycles. The summed E-state index contributed by atoms with van der Waals surface area (Å²) in [5.41, 5.74) is 2.35. The first-order chi connectivity index (χ1) is 10.4. The van der Waals surface area contributed by atoms with Crippen LogP contribution in [-0.2, 0) is 0 Å². The van der Waals surface area contributed by atoms with E-state index in [1.807, 2.05) is 23.1 Å². The Morgan fingerprint density at radius 3 is 2.81 bits per heavy atom. The molecule has 2 fully saturated rings. The van der Waals surface area contributed by atoms with Crippen molar-refractivity contribution in [3.8, 4) is 5.69 Å². The second-order valence-corrected chi connectivity index (χ2v) is 6.61. The lowest BCUT2D eigenvalue weighted by atomic mass is 9.82. The highest BCUT2D eigenvalue weighted by molar-refractivity contribution is 5.51. The zero-order valence-electron chi connectivity index (χ0n) is 12.4. The molecule has 3 nitrogen and oxygen atoms in total. The second-order valence-electron chi connectivity index (χ2n) is 6.61. The fourth-order valence-corrected chi connectivity index (χ4v) is 3.75. The quantitative estimate of drug-likeness (QED) is 0.907. The van der Waals surface area contributed by atoms with Gasteiger partial charge < -0.3 is 5.32 Å². The Bertz CT molecular complexity index is 586. The zero-order valence-corrected chi connectivity index (χ0v) is 12.4. The van der Waals surface area contributed by atoms with Crippen molar-refractivity contribution in [3.63, 3.8) is 0 Å². The average Bonchev–Trinajstić information content (AvgIpc) is 3.23. The third-order valence-corrected chi connectivity index (χ3v) is 4.99. The van der Waals surface area contributed by atoms with Crippen molar-refractivity contribution in [2.24, 2.45) is 11.8 Å². The first-order valence-corrected chi connectivity index (χ1v) is 8.25. The van der Waals surface area contributed by atoms with E-state index in [9.17, 15) is 0 Å². The predicted octanol–water partition coefficient (Wildman–Crippen LogP) is 4.25. The average molecular weight is 281 g/mol. The van der Waals surface area contributed by atoms with Gasteiger partial charge in [-0.05, 0) is 61.8 Å². The minimum absolute atomic E-state index is 0.650. The molecule has 2 aliphatic rings. The molecule has 1 aromatic heterocycles. The standard InChI is InChI=1S/C18H23N3/c1-4-15(14-8-9-14)12-16(5-1)20-17-6-2-7-18(13-17)21-11-3-10-19-21/h2-3,6-7,10-11,13-16,20H,1,4-5,8-9,12H2. The number of anilines is 1. The summed E-state index contributed by atoms with van der Waals surface area (Å²) in [6, 6.07) is 11.2. The van der Waals surface area contributed by atoms with Gasteiger partial charge in [0.1, 0.15) is 0 Å². The highest BCUT2D eigenvalue weighted by atomic mass is 15.3. The molecule has 2 aromatic rings. The Morgan fingerprint density at radius 2 is 2.00 bits per heavy atom. The van der Waals surface area contributed by atoms with Crippen molar-refractivity contribution in [1.82, 2.24) is 9.78 Å². The van der Waals surface area contributed by atoms with E-state index in [1.165, 1.54) is 44.2 Å². The number of rotatable bonds is 4. The van der Waals surface area contributed by atoms with Gasteiger partial charge in [0.15, 0.2) is 0 Å². The van der Waals surface area contributed by atoms with Crippen LogP contribution in [0, 0.1) is 11.8 Å². The highest BCUT2D eigenvalue weighted by Crippen LogP contribution is 2.44. The lowest BCUT2D eigenvalue weighted by Gasteiger charge is -2.30. The van der Waals surface area contributed by atoms with Crippen LogP contribution in [0.2, 0.25) is 0 Å². The van der Waals surface area contributed by atoms with Crippen molar-refractivity contribution in [1.29, 1.82) is 0 Å². The number of nitrogens with one attached hydrogen (secondary N) is 1. The van der Waals surface area contributed by atoms with Crippen molar-refractivity contribution >= 4 is 5.69 Å². The lowest BCUT2D eigenvalue weighted by molar-refractivity contribution is 0.303. The van der Waals surface area contributed by atoms with Crippen molar-refractivity contribution in [3.05, 3.63) is 42.7 Å². The van der Waals surface area contributed by atoms with Crippen molar-refractivity contribution in [2.45, 2.75) is 44.6 Å². The van der Waals surface area contributed by atoms with Crippen LogP contribution in [0.1, 0.15) is 38.5 Å². The summed E-state index contributed by atoms with van der Waals surface area (Å²) in [6.45, 7) is 0. The number of hydrogen-bond donors (Lipinski definition) is 1. The SMILES string of the molecule is c1cc(NC2CCCC(C3CC3)C2)cc(-n2cccn2)c1. The summed E-state index contributed by atoms with van der Waals surface area (Å²) < 4.78 is 1.92. The summed E-state index contributed by atoms with van der Waals surface area (Å²) in [5.74, 6) is 2.02. The van der Waals surface area contributed by atoms with Crippen LogP contribution in [0.5, 0.6) is 0 Å². The molecule has 3 heteroatoms. The van der Waals surface area contributed by atoms with Crippen LogP contribution in [0.4, 0.5) is 5.69 Å². The maximum absolute atomic E-state index is 4.31. The van der Waals surface area contributed by atoms with Gasteiger partial charge in [-0.15, -0.1) is 0 Å². The predicted molar refractivity (Wildman–Crippen MR) is 85.7 cm³/mol. The minimum Gasteiger partial charge on any atom is -0.382 e. The van der Waals surface area contributed by atoms with Crippen molar-refractivity contribution in [2.75, 3.05) is 5.32 Å². The summed E-state index contributed by atoms with van der Waals surface area (Å²) >= 11 is 0. The largest absolute Gasteiger partial charge is 0.382 e. The smallest absolute Gasteiger partial charge is 0.0666 e. The fourth-order valence-electron chi connectivity index (χ4n) is 3.75. The summed E-state index contributed by atoms with van der Waals surface area (Å²) in [4.78, 5) is 0. The maximum atomic E-state index is 4.31. The Labute approximate surface area is 126 Å². The molecule has 2 saturated carbocycles. The highest BCUT2D eigenvalue weighted by Gasteiger charge is 2.34. The van der Waals surface area contributed by atoms with Gasteiger partial charge in [-0.3, -0.25) is 0 Å². The molecule has 21 heavy (non-hydrogen) atoms. The van der Waals surface area contributed by atoms with Gasteiger partial charge in [-0.25, -0.2) is 4.68 Å². The monoisotopic (exact) mass is 281 g/mol. The van der Waals surface area contributed by atoms with Crippen LogP contribution >= 0.6 is 0 Å². The number of benzene rings is 1. The lowest BCUT2D eigenvalue weighted by Crippen LogP contribution is -2.28. The molecule has 0 radical (unpaired) electrons. The maximum Gasteiger partial charge on any atom is 0.0666 e. The van der Waals surface area contributed by atoms with E-state index in [1.54, 1.807) is 0 Å². The van der Waals surface area contributed by atoms with Gasteiger partial charge >= 0.3 is 0 Å². The summed E-state index contributed by atoms with van der Waals surface area (Å²) in [6.07, 6.45) is 12.3. The van der Waals surface area contributed by atoms with Gasteiger partial charge in [0, 0.05) is 24.1 Å². The van der Waals surface area contributed by atoms with E-state index < -0.39 is 0 Å². The molecule has 2 aliphatic carbocycles. The Balaban J connectivity index is 1.45. The first-order valence-electron chi connectivity index (χ1n) is 8.25. The van der Waals surface area contributed by atoms with Crippen LogP contribution < -0.4 is 5.32 Å². The summed E-state index contributed by atoms with van der Waals surface area (Å²) in [5, 5.41) is 8.06. The van der Waals surface area contributed by atoms with Gasteiger partial charge in [0.25, 0.3) is 0 Å². The number of nitrogens with zero attached hydrogens (tertiary/aromatic N) is 2. The van der Waals surface area contributed by atoms with Gasteiger partial charge in [0.2, 0.25) is 0 Å². The van der Waals surface area contributed by atoms with Gasteiger partial charge in [0.05, 0.1) is 5.69 Å². The van der Waals surface area contributed by atoms with E-state index in [0.29, 0.717) is 6.04 Å².